The van der Waals surface area contributed by atoms with Gasteiger partial charge < -0.3 is 35.1 Å². The molecule has 250 valence electrons. The summed E-state index contributed by atoms with van der Waals surface area (Å²) >= 11 is 0. The van der Waals surface area contributed by atoms with Crippen molar-refractivity contribution in [1.29, 1.82) is 0 Å². The SMILES string of the molecule is O=C(NCCO)c1cccc(CNC(=O)[C@@]23C[C@H]4OC(=O)[C@@H]2N(Cc2ccc(C=CCc5ccccc5O)cc2)O[C@@H]3[C@H]2OCO[C@H]24)c1. The van der Waals surface area contributed by atoms with Crippen molar-refractivity contribution in [3.05, 3.63) is 107 Å². The Morgan fingerprint density at radius 1 is 0.979 bits per heavy atom. The van der Waals surface area contributed by atoms with Crippen molar-refractivity contribution in [3.8, 4) is 5.75 Å². The lowest BCUT2D eigenvalue weighted by Gasteiger charge is -2.48. The summed E-state index contributed by atoms with van der Waals surface area (Å²) in [5, 5.41) is 26.2. The highest BCUT2D eigenvalue weighted by Gasteiger charge is 2.74. The zero-order valence-electron chi connectivity index (χ0n) is 26.1. The van der Waals surface area contributed by atoms with Gasteiger partial charge >= 0.3 is 5.97 Å². The fraction of sp³-hybridized carbons (Fsp3) is 0.361. The van der Waals surface area contributed by atoms with E-state index in [2.05, 4.69) is 10.6 Å². The Hall–Kier alpha value is -4.59. The molecule has 3 aliphatic heterocycles. The standard InChI is InChI=1S/C36H37N3O9/c40-16-15-37-33(42)26-9-4-6-24(17-26)19-38-35(44)36-18-28-29-30(46-21-45-29)32(36)48-39(31(36)34(43)47-28)20-23-13-11-22(12-14-23)5-3-8-25-7-1-2-10-27(25)41/h1-7,9-14,17,28-32,40-41H,8,15-16,18-21H2,(H,37,42)(H,38,44)/t28-,29+,30+,31+,32-,36+/m1/s1. The van der Waals surface area contributed by atoms with Gasteiger partial charge in [-0.25, -0.2) is 0 Å². The van der Waals surface area contributed by atoms with Gasteiger partial charge in [-0.2, -0.15) is 5.06 Å². The molecule has 7 rings (SSSR count). The lowest BCUT2D eigenvalue weighted by atomic mass is 9.62. The topological polar surface area (TPSA) is 156 Å². The van der Waals surface area contributed by atoms with Gasteiger partial charge in [-0.15, -0.1) is 0 Å². The van der Waals surface area contributed by atoms with Crippen LogP contribution in [0.2, 0.25) is 0 Å². The first kappa shape index (κ1) is 32.0. The third-order valence-corrected chi connectivity index (χ3v) is 9.49. The Kier molecular flexibility index (Phi) is 8.99. The van der Waals surface area contributed by atoms with Crippen LogP contribution in [0, 0.1) is 5.41 Å². The number of ether oxygens (including phenoxy) is 3. The summed E-state index contributed by atoms with van der Waals surface area (Å²) in [4.78, 5) is 46.8. The number of nitrogens with zero attached hydrogens (tertiary/aromatic N) is 1. The fourth-order valence-electron chi connectivity index (χ4n) is 7.19. The molecule has 3 aromatic rings. The van der Waals surface area contributed by atoms with Crippen LogP contribution in [0.3, 0.4) is 0 Å². The second-order valence-corrected chi connectivity index (χ2v) is 12.4. The van der Waals surface area contributed by atoms with E-state index in [4.69, 9.17) is 24.2 Å². The minimum atomic E-state index is -1.29. The van der Waals surface area contributed by atoms with Gasteiger partial charge in [-0.1, -0.05) is 66.7 Å². The summed E-state index contributed by atoms with van der Waals surface area (Å²) in [6, 6.07) is 20.9. The van der Waals surface area contributed by atoms with Gasteiger partial charge in [0.15, 0.2) is 6.04 Å². The number of hydroxylamine groups is 2. The Balaban J connectivity index is 1.09. The van der Waals surface area contributed by atoms with Gasteiger partial charge in [0.05, 0.1) is 13.2 Å². The Bertz CT molecular complexity index is 1710. The van der Waals surface area contributed by atoms with E-state index >= 15 is 0 Å². The van der Waals surface area contributed by atoms with E-state index in [1.165, 1.54) is 0 Å². The van der Waals surface area contributed by atoms with Crippen molar-refractivity contribution in [1.82, 2.24) is 15.7 Å². The van der Waals surface area contributed by atoms with Crippen molar-refractivity contribution in [2.45, 2.75) is 56.4 Å². The molecule has 4 N–H and O–H groups in total. The van der Waals surface area contributed by atoms with Crippen LogP contribution in [0.4, 0.5) is 0 Å². The van der Waals surface area contributed by atoms with Gasteiger partial charge in [0, 0.05) is 25.1 Å². The van der Waals surface area contributed by atoms with Crippen LogP contribution in [0.5, 0.6) is 5.75 Å². The van der Waals surface area contributed by atoms with E-state index in [1.807, 2.05) is 48.6 Å². The van der Waals surface area contributed by atoms with Crippen molar-refractivity contribution in [2.24, 2.45) is 5.41 Å². The molecule has 0 radical (unpaired) electrons. The molecule has 4 fully saturated rings. The molecule has 12 heteroatoms. The number of hydrogen-bond acceptors (Lipinski definition) is 10. The number of aliphatic hydroxyl groups excluding tert-OH is 1. The summed E-state index contributed by atoms with van der Waals surface area (Å²) in [6.07, 6.45) is 2.17. The number of phenolic OH excluding ortho intramolecular Hbond substituents is 1. The minimum Gasteiger partial charge on any atom is -0.508 e. The molecule has 1 saturated carbocycles. The van der Waals surface area contributed by atoms with E-state index in [0.29, 0.717) is 17.5 Å². The molecule has 3 heterocycles. The third-order valence-electron chi connectivity index (χ3n) is 9.49. The van der Waals surface area contributed by atoms with Crippen molar-refractivity contribution in [3.63, 3.8) is 0 Å². The largest absolute Gasteiger partial charge is 0.508 e. The zero-order valence-corrected chi connectivity index (χ0v) is 26.1. The number of rotatable bonds is 11. The number of fused-ring (bicyclic) bond motifs is 4. The molecule has 3 saturated heterocycles. The lowest BCUT2D eigenvalue weighted by Crippen LogP contribution is -2.69. The summed E-state index contributed by atoms with van der Waals surface area (Å²) in [5.41, 5.74) is 2.48. The van der Waals surface area contributed by atoms with Crippen LogP contribution in [-0.2, 0) is 48.1 Å². The fourth-order valence-corrected chi connectivity index (χ4v) is 7.19. The van der Waals surface area contributed by atoms with Crippen LogP contribution in [0.15, 0.2) is 78.9 Å². The Morgan fingerprint density at radius 3 is 2.60 bits per heavy atom. The zero-order chi connectivity index (χ0) is 33.3. The molecule has 3 aromatic carbocycles. The number of phenols is 1. The van der Waals surface area contributed by atoms with Crippen LogP contribution < -0.4 is 10.6 Å². The maximum absolute atomic E-state index is 14.3. The number of hydrogen-bond donors (Lipinski definition) is 4. The van der Waals surface area contributed by atoms with Crippen LogP contribution in [0.25, 0.3) is 6.08 Å². The molecule has 12 nitrogen and oxygen atoms in total. The highest BCUT2D eigenvalue weighted by atomic mass is 16.8. The van der Waals surface area contributed by atoms with E-state index in [0.717, 1.165) is 16.7 Å². The smallest absolute Gasteiger partial charge is 0.327 e. The summed E-state index contributed by atoms with van der Waals surface area (Å²) < 4.78 is 17.6. The predicted octanol–water partition coefficient (Wildman–Crippen LogP) is 2.23. The second-order valence-electron chi connectivity index (χ2n) is 12.4. The number of aliphatic hydroxyl groups is 1. The molecule has 0 aromatic heterocycles. The van der Waals surface area contributed by atoms with Crippen LogP contribution in [0.1, 0.15) is 39.0 Å². The molecular weight excluding hydrogens is 618 g/mol. The monoisotopic (exact) mass is 655 g/mol. The van der Waals surface area contributed by atoms with Gasteiger partial charge in [0.2, 0.25) is 5.91 Å². The first-order chi connectivity index (χ1) is 23.4. The van der Waals surface area contributed by atoms with Crippen molar-refractivity contribution >= 4 is 23.9 Å². The van der Waals surface area contributed by atoms with Crippen molar-refractivity contribution in [2.75, 3.05) is 19.9 Å². The van der Waals surface area contributed by atoms with Crippen LogP contribution in [-0.4, -0.2) is 83.5 Å². The number of benzene rings is 3. The highest BCUT2D eigenvalue weighted by Crippen LogP contribution is 2.55. The van der Waals surface area contributed by atoms with Crippen molar-refractivity contribution < 1.29 is 43.6 Å². The molecule has 1 aliphatic carbocycles. The number of aromatic hydroxyl groups is 1. The molecule has 6 atom stereocenters. The number of carbonyl (C=O) groups is 3. The molecular formula is C36H37N3O9. The van der Waals surface area contributed by atoms with E-state index < -0.39 is 41.8 Å². The number of para-hydroxylation sites is 1. The average molecular weight is 656 g/mol. The van der Waals surface area contributed by atoms with Gasteiger partial charge in [0.25, 0.3) is 5.91 Å². The molecule has 2 amide bonds. The van der Waals surface area contributed by atoms with E-state index in [9.17, 15) is 19.5 Å². The minimum absolute atomic E-state index is 0.00954. The summed E-state index contributed by atoms with van der Waals surface area (Å²) in [7, 11) is 0. The number of nitrogens with one attached hydrogen (secondary N) is 2. The summed E-state index contributed by atoms with van der Waals surface area (Å²) in [6.45, 7) is 0.312. The number of allylic oxidation sites excluding steroid dienone is 1. The van der Waals surface area contributed by atoms with E-state index in [1.54, 1.807) is 41.5 Å². The normalized spacial score (nSPS) is 27.4. The maximum Gasteiger partial charge on any atom is 0.327 e. The third kappa shape index (κ3) is 5.97. The second kappa shape index (κ2) is 13.5. The molecule has 2 bridgehead atoms. The quantitative estimate of drug-likeness (QED) is 0.226. The molecule has 0 unspecified atom stereocenters. The Morgan fingerprint density at radius 2 is 1.79 bits per heavy atom. The molecule has 0 spiro atoms. The van der Waals surface area contributed by atoms with Gasteiger partial charge in [-0.05, 0) is 46.9 Å². The van der Waals surface area contributed by atoms with Gasteiger partial charge in [-0.3, -0.25) is 19.2 Å². The van der Waals surface area contributed by atoms with E-state index in [-0.39, 0.29) is 57.0 Å². The first-order valence-corrected chi connectivity index (χ1v) is 16.0. The average Bonchev–Trinajstić information content (AvgIpc) is 3.73. The predicted molar refractivity (Wildman–Crippen MR) is 171 cm³/mol. The number of esters is 1. The molecule has 48 heavy (non-hydrogen) atoms. The lowest BCUT2D eigenvalue weighted by molar-refractivity contribution is -0.201. The Labute approximate surface area is 277 Å². The maximum atomic E-state index is 14.3. The number of carbonyl (C=O) groups excluding carboxylic acids is 3. The molecule has 4 aliphatic rings. The highest BCUT2D eigenvalue weighted by molar-refractivity contribution is 5.95. The van der Waals surface area contributed by atoms with Gasteiger partial charge in [0.1, 0.15) is 42.4 Å². The summed E-state index contributed by atoms with van der Waals surface area (Å²) in [5.74, 6) is -0.985. The first-order valence-electron chi connectivity index (χ1n) is 16.0. The number of amides is 2. The van der Waals surface area contributed by atoms with Crippen LogP contribution >= 0.6 is 0 Å².